The second-order valence-electron chi connectivity index (χ2n) is 2.78. The Bertz CT molecular complexity index is 422. The number of hydrogen-bond donors (Lipinski definition) is 0. The van der Waals surface area contributed by atoms with Crippen LogP contribution in [0.3, 0.4) is 0 Å². The SMILES string of the molecule is Cc1cnn(-c2cccc(Cl)n2)c1. The van der Waals surface area contributed by atoms with E-state index in [1.165, 1.54) is 0 Å². The molecular formula is C9H8ClN3. The molecule has 2 heterocycles. The number of aryl methyl sites for hydroxylation is 1. The minimum Gasteiger partial charge on any atom is -0.222 e. The smallest absolute Gasteiger partial charge is 0.155 e. The molecule has 0 spiro atoms. The topological polar surface area (TPSA) is 30.7 Å². The van der Waals surface area contributed by atoms with Crippen LogP contribution in [0.1, 0.15) is 5.56 Å². The zero-order valence-electron chi connectivity index (χ0n) is 7.11. The van der Waals surface area contributed by atoms with Gasteiger partial charge in [0.25, 0.3) is 0 Å². The molecule has 2 rings (SSSR count). The van der Waals surface area contributed by atoms with Gasteiger partial charge in [-0.15, -0.1) is 0 Å². The highest BCUT2D eigenvalue weighted by molar-refractivity contribution is 6.29. The van der Waals surface area contributed by atoms with Gasteiger partial charge in [-0.25, -0.2) is 9.67 Å². The summed E-state index contributed by atoms with van der Waals surface area (Å²) in [7, 11) is 0. The van der Waals surface area contributed by atoms with E-state index < -0.39 is 0 Å². The van der Waals surface area contributed by atoms with Gasteiger partial charge < -0.3 is 0 Å². The molecule has 0 aliphatic rings. The van der Waals surface area contributed by atoms with Crippen molar-refractivity contribution in [1.29, 1.82) is 0 Å². The molecule has 2 aromatic rings. The van der Waals surface area contributed by atoms with Crippen molar-refractivity contribution < 1.29 is 0 Å². The molecule has 4 heteroatoms. The van der Waals surface area contributed by atoms with Crippen LogP contribution >= 0.6 is 11.6 Å². The molecule has 0 aromatic carbocycles. The Kier molecular flexibility index (Phi) is 2.02. The molecule has 0 saturated heterocycles. The third kappa shape index (κ3) is 1.70. The Balaban J connectivity index is 2.46. The highest BCUT2D eigenvalue weighted by atomic mass is 35.5. The van der Waals surface area contributed by atoms with Crippen LogP contribution in [0.25, 0.3) is 5.82 Å². The number of rotatable bonds is 1. The Hall–Kier alpha value is -1.35. The lowest BCUT2D eigenvalue weighted by Gasteiger charge is -1.98. The monoisotopic (exact) mass is 193 g/mol. The van der Waals surface area contributed by atoms with Crippen LogP contribution < -0.4 is 0 Å². The first-order chi connectivity index (χ1) is 6.25. The van der Waals surface area contributed by atoms with Gasteiger partial charge in [-0.1, -0.05) is 17.7 Å². The van der Waals surface area contributed by atoms with Gasteiger partial charge in [0.1, 0.15) is 5.15 Å². The van der Waals surface area contributed by atoms with Crippen molar-refractivity contribution in [3.8, 4) is 5.82 Å². The number of hydrogen-bond acceptors (Lipinski definition) is 2. The fourth-order valence-electron chi connectivity index (χ4n) is 1.06. The third-order valence-corrected chi connectivity index (χ3v) is 1.86. The van der Waals surface area contributed by atoms with Gasteiger partial charge >= 0.3 is 0 Å². The van der Waals surface area contributed by atoms with Crippen LogP contribution in [-0.4, -0.2) is 14.8 Å². The summed E-state index contributed by atoms with van der Waals surface area (Å²) in [6, 6.07) is 5.45. The van der Waals surface area contributed by atoms with Gasteiger partial charge in [0.2, 0.25) is 0 Å². The Morgan fingerprint density at radius 2 is 2.23 bits per heavy atom. The van der Waals surface area contributed by atoms with Gasteiger partial charge in [-0.05, 0) is 24.6 Å². The second kappa shape index (κ2) is 3.18. The standard InChI is InChI=1S/C9H8ClN3/c1-7-5-11-13(6-7)9-4-2-3-8(10)12-9/h2-6H,1H3. The molecule has 0 unspecified atom stereocenters. The minimum atomic E-state index is 0.477. The van der Waals surface area contributed by atoms with Crippen molar-refractivity contribution in [2.75, 3.05) is 0 Å². The number of pyridine rings is 1. The lowest BCUT2D eigenvalue weighted by atomic mass is 10.4. The molecule has 0 aliphatic carbocycles. The predicted molar refractivity (Wildman–Crippen MR) is 51.1 cm³/mol. The van der Waals surface area contributed by atoms with Crippen molar-refractivity contribution in [2.45, 2.75) is 6.92 Å². The van der Waals surface area contributed by atoms with E-state index in [1.807, 2.05) is 25.3 Å². The van der Waals surface area contributed by atoms with E-state index >= 15 is 0 Å². The summed E-state index contributed by atoms with van der Waals surface area (Å²) in [5.41, 5.74) is 1.10. The molecule has 0 saturated carbocycles. The van der Waals surface area contributed by atoms with Crippen LogP contribution in [0.15, 0.2) is 30.6 Å². The maximum Gasteiger partial charge on any atom is 0.155 e. The van der Waals surface area contributed by atoms with Gasteiger partial charge in [0, 0.05) is 6.20 Å². The second-order valence-corrected chi connectivity index (χ2v) is 3.17. The molecule has 0 radical (unpaired) electrons. The van der Waals surface area contributed by atoms with Gasteiger partial charge in [0.05, 0.1) is 6.20 Å². The van der Waals surface area contributed by atoms with E-state index in [0.717, 1.165) is 11.4 Å². The molecule has 3 nitrogen and oxygen atoms in total. The lowest BCUT2D eigenvalue weighted by Crippen LogP contribution is -1.96. The first kappa shape index (κ1) is 8.26. The quantitative estimate of drug-likeness (QED) is 0.651. The van der Waals surface area contributed by atoms with Gasteiger partial charge in [-0.3, -0.25) is 0 Å². The summed E-state index contributed by atoms with van der Waals surface area (Å²) in [4.78, 5) is 4.12. The molecule has 0 fully saturated rings. The number of aromatic nitrogens is 3. The first-order valence-electron chi connectivity index (χ1n) is 3.90. The van der Waals surface area contributed by atoms with E-state index in [9.17, 15) is 0 Å². The Labute approximate surface area is 81.0 Å². The number of halogens is 1. The average molecular weight is 194 g/mol. The highest BCUT2D eigenvalue weighted by Gasteiger charge is 1.99. The van der Waals surface area contributed by atoms with E-state index in [-0.39, 0.29) is 0 Å². The summed E-state index contributed by atoms with van der Waals surface area (Å²) in [5.74, 6) is 0.737. The Morgan fingerprint density at radius 1 is 1.38 bits per heavy atom. The molecule has 0 amide bonds. The molecular weight excluding hydrogens is 186 g/mol. The van der Waals surface area contributed by atoms with Crippen molar-refractivity contribution in [1.82, 2.24) is 14.8 Å². The van der Waals surface area contributed by atoms with E-state index in [0.29, 0.717) is 5.15 Å². The largest absolute Gasteiger partial charge is 0.222 e. The number of nitrogens with zero attached hydrogens (tertiary/aromatic N) is 3. The summed E-state index contributed by atoms with van der Waals surface area (Å²) in [6.07, 6.45) is 3.68. The first-order valence-corrected chi connectivity index (χ1v) is 4.28. The fourth-order valence-corrected chi connectivity index (χ4v) is 1.22. The molecule has 0 aliphatic heterocycles. The van der Waals surface area contributed by atoms with E-state index in [1.54, 1.807) is 16.9 Å². The predicted octanol–water partition coefficient (Wildman–Crippen LogP) is 2.23. The summed E-state index contributed by atoms with van der Waals surface area (Å²) in [5, 5.41) is 4.60. The zero-order chi connectivity index (χ0) is 9.26. The highest BCUT2D eigenvalue weighted by Crippen LogP contribution is 2.09. The van der Waals surface area contributed by atoms with Crippen LogP contribution in [0.5, 0.6) is 0 Å². The molecule has 13 heavy (non-hydrogen) atoms. The summed E-state index contributed by atoms with van der Waals surface area (Å²) < 4.78 is 1.70. The molecule has 0 bridgehead atoms. The van der Waals surface area contributed by atoms with Crippen LogP contribution in [-0.2, 0) is 0 Å². The van der Waals surface area contributed by atoms with E-state index in [2.05, 4.69) is 10.1 Å². The maximum absolute atomic E-state index is 5.75. The van der Waals surface area contributed by atoms with Crippen molar-refractivity contribution in [3.05, 3.63) is 41.3 Å². The normalized spacial score (nSPS) is 10.3. The fraction of sp³-hybridized carbons (Fsp3) is 0.111. The average Bonchev–Trinajstić information content (AvgIpc) is 2.52. The van der Waals surface area contributed by atoms with Crippen LogP contribution in [0.4, 0.5) is 0 Å². The van der Waals surface area contributed by atoms with Crippen molar-refractivity contribution in [2.24, 2.45) is 0 Å². The molecule has 0 N–H and O–H groups in total. The Morgan fingerprint density at radius 3 is 2.85 bits per heavy atom. The molecule has 0 atom stereocenters. The van der Waals surface area contributed by atoms with Crippen molar-refractivity contribution in [3.63, 3.8) is 0 Å². The third-order valence-electron chi connectivity index (χ3n) is 1.65. The van der Waals surface area contributed by atoms with Crippen LogP contribution in [0.2, 0.25) is 5.15 Å². The van der Waals surface area contributed by atoms with Crippen LogP contribution in [0, 0.1) is 6.92 Å². The maximum atomic E-state index is 5.75. The summed E-state index contributed by atoms with van der Waals surface area (Å²) >= 11 is 5.75. The van der Waals surface area contributed by atoms with Crippen molar-refractivity contribution >= 4 is 11.6 Å². The van der Waals surface area contributed by atoms with Gasteiger partial charge in [0.15, 0.2) is 5.82 Å². The summed E-state index contributed by atoms with van der Waals surface area (Å²) in [6.45, 7) is 1.98. The minimum absolute atomic E-state index is 0.477. The molecule has 66 valence electrons. The lowest BCUT2D eigenvalue weighted by molar-refractivity contribution is 0.847. The van der Waals surface area contributed by atoms with Gasteiger partial charge in [-0.2, -0.15) is 5.10 Å². The van der Waals surface area contributed by atoms with E-state index in [4.69, 9.17) is 11.6 Å². The zero-order valence-corrected chi connectivity index (χ0v) is 7.86. The molecule has 2 aromatic heterocycles.